The Morgan fingerprint density at radius 3 is 2.53 bits per heavy atom. The van der Waals surface area contributed by atoms with Crippen LogP contribution in [0.15, 0.2) is 24.3 Å². The highest BCUT2D eigenvalue weighted by Gasteiger charge is 2.40. The fourth-order valence-electron chi connectivity index (χ4n) is 1.94. The summed E-state index contributed by atoms with van der Waals surface area (Å²) in [6, 6.07) is 5.42. The van der Waals surface area contributed by atoms with Crippen molar-refractivity contribution in [3.05, 3.63) is 34.4 Å². The van der Waals surface area contributed by atoms with Crippen molar-refractivity contribution in [1.29, 1.82) is 0 Å². The van der Waals surface area contributed by atoms with Gasteiger partial charge in [0.15, 0.2) is 0 Å². The molecule has 1 atom stereocenters. The Balaban J connectivity index is 2.39. The van der Waals surface area contributed by atoms with Crippen LogP contribution in [0.4, 0.5) is 15.3 Å². The molecule has 1 aliphatic rings. The van der Waals surface area contributed by atoms with Gasteiger partial charge in [-0.2, -0.15) is 8.42 Å². The van der Waals surface area contributed by atoms with Gasteiger partial charge in [-0.15, -0.1) is 3.89 Å². The van der Waals surface area contributed by atoms with Crippen LogP contribution in [0.3, 0.4) is 0 Å². The second-order valence-corrected chi connectivity index (χ2v) is 5.67. The summed E-state index contributed by atoms with van der Waals surface area (Å²) in [5.41, 5.74) is -0.351. The average Bonchev–Trinajstić information content (AvgIpc) is 2.71. The quantitative estimate of drug-likeness (QED) is 0.469. The van der Waals surface area contributed by atoms with Crippen molar-refractivity contribution in [2.75, 3.05) is 11.4 Å². The molecule has 0 aliphatic carbocycles. The van der Waals surface area contributed by atoms with Crippen LogP contribution in [0, 0.1) is 10.1 Å². The molecule has 0 spiro atoms. The first-order valence-corrected chi connectivity index (χ1v) is 6.72. The maximum atomic E-state index is 12.9. The third-order valence-electron chi connectivity index (χ3n) is 2.86. The Labute approximate surface area is 108 Å². The Bertz CT molecular complexity index is 645. The van der Waals surface area contributed by atoms with Crippen LogP contribution in [0.25, 0.3) is 0 Å². The van der Waals surface area contributed by atoms with Crippen molar-refractivity contribution in [3.63, 3.8) is 0 Å². The van der Waals surface area contributed by atoms with Crippen LogP contribution in [-0.2, 0) is 15.0 Å². The summed E-state index contributed by atoms with van der Waals surface area (Å²) in [5, 5.41) is 9.37. The number of carbonyl (C=O) groups is 1. The van der Waals surface area contributed by atoms with Crippen molar-refractivity contribution in [1.82, 2.24) is 0 Å². The van der Waals surface area contributed by atoms with Gasteiger partial charge in [0.05, 0.1) is 4.92 Å². The summed E-state index contributed by atoms with van der Waals surface area (Å²) in [4.78, 5) is 22.8. The monoisotopic (exact) mass is 288 g/mol. The van der Waals surface area contributed by atoms with Crippen LogP contribution in [0.5, 0.6) is 0 Å². The maximum absolute atomic E-state index is 12.9. The molecule has 0 aromatic heterocycles. The SMILES string of the molecule is O=C1CC(S(=O)(=O)F)CN1c1ccccc1[N+](=O)[O-]. The fourth-order valence-corrected chi connectivity index (χ4v) is 2.61. The molecule has 9 heteroatoms. The predicted molar refractivity (Wildman–Crippen MR) is 63.9 cm³/mol. The normalized spacial score (nSPS) is 19.7. The van der Waals surface area contributed by atoms with Gasteiger partial charge in [-0.3, -0.25) is 14.9 Å². The van der Waals surface area contributed by atoms with Crippen LogP contribution in [-0.4, -0.2) is 31.0 Å². The fraction of sp³-hybridized carbons (Fsp3) is 0.300. The average molecular weight is 288 g/mol. The highest BCUT2D eigenvalue weighted by atomic mass is 32.3. The van der Waals surface area contributed by atoms with Gasteiger partial charge < -0.3 is 4.90 Å². The molecule has 0 radical (unpaired) electrons. The molecule has 1 aromatic rings. The minimum Gasteiger partial charge on any atom is -0.305 e. The highest BCUT2D eigenvalue weighted by Crippen LogP contribution is 2.32. The summed E-state index contributed by atoms with van der Waals surface area (Å²) in [6.07, 6.45) is -0.509. The molecule has 7 nitrogen and oxygen atoms in total. The molecule has 0 bridgehead atoms. The van der Waals surface area contributed by atoms with E-state index in [0.717, 1.165) is 4.90 Å². The van der Waals surface area contributed by atoms with Crippen LogP contribution in [0.2, 0.25) is 0 Å². The third-order valence-corrected chi connectivity index (χ3v) is 3.97. The zero-order chi connectivity index (χ0) is 14.2. The molecule has 0 saturated carbocycles. The number of anilines is 1. The molecule has 0 N–H and O–H groups in total. The molecule has 1 heterocycles. The maximum Gasteiger partial charge on any atom is 0.307 e. The number of hydrogen-bond donors (Lipinski definition) is 0. The summed E-state index contributed by atoms with van der Waals surface area (Å²) in [7, 11) is -4.84. The highest BCUT2D eigenvalue weighted by molar-refractivity contribution is 7.87. The van der Waals surface area contributed by atoms with E-state index in [1.807, 2.05) is 0 Å². The van der Waals surface area contributed by atoms with Crippen molar-refractivity contribution < 1.29 is 22.0 Å². The Kier molecular flexibility index (Phi) is 3.23. The van der Waals surface area contributed by atoms with Crippen LogP contribution in [0.1, 0.15) is 6.42 Å². The molecule has 1 saturated heterocycles. The van der Waals surface area contributed by atoms with Gasteiger partial charge in [-0.25, -0.2) is 0 Å². The number of carbonyl (C=O) groups excluding carboxylic acids is 1. The van der Waals surface area contributed by atoms with E-state index in [4.69, 9.17) is 0 Å². The lowest BCUT2D eigenvalue weighted by Gasteiger charge is -2.15. The molecule has 19 heavy (non-hydrogen) atoms. The lowest BCUT2D eigenvalue weighted by atomic mass is 10.2. The number of para-hydroxylation sites is 2. The van der Waals surface area contributed by atoms with Gasteiger partial charge in [-0.05, 0) is 6.07 Å². The topological polar surface area (TPSA) is 97.6 Å². The van der Waals surface area contributed by atoms with Crippen molar-refractivity contribution in [2.45, 2.75) is 11.7 Å². The van der Waals surface area contributed by atoms with Gasteiger partial charge in [0, 0.05) is 19.0 Å². The van der Waals surface area contributed by atoms with Crippen LogP contribution < -0.4 is 4.90 Å². The summed E-state index contributed by atoms with van der Waals surface area (Å²) in [6.45, 7) is -0.414. The van der Waals surface area contributed by atoms with Gasteiger partial charge >= 0.3 is 10.2 Å². The lowest BCUT2D eigenvalue weighted by Crippen LogP contribution is -2.27. The summed E-state index contributed by atoms with van der Waals surface area (Å²) < 4.78 is 34.5. The Morgan fingerprint density at radius 2 is 2.00 bits per heavy atom. The molecule has 1 unspecified atom stereocenters. The van der Waals surface area contributed by atoms with E-state index >= 15 is 0 Å². The number of nitro benzene ring substituents is 1. The second kappa shape index (κ2) is 4.57. The lowest BCUT2D eigenvalue weighted by molar-refractivity contribution is -0.384. The zero-order valence-electron chi connectivity index (χ0n) is 9.52. The largest absolute Gasteiger partial charge is 0.307 e. The standard InChI is InChI=1S/C10H9FN2O5S/c11-19(17,18)7-5-10(14)12(6-7)8-3-1-2-4-9(8)13(15)16/h1-4,7H,5-6H2. The molecule has 2 rings (SSSR count). The van der Waals surface area contributed by atoms with Crippen molar-refractivity contribution >= 4 is 27.5 Å². The number of amides is 1. The first kappa shape index (κ1) is 13.4. The molecule has 1 aliphatic heterocycles. The van der Waals surface area contributed by atoms with Crippen molar-refractivity contribution in [3.8, 4) is 0 Å². The number of rotatable bonds is 3. The van der Waals surface area contributed by atoms with E-state index in [9.17, 15) is 27.2 Å². The number of hydrogen-bond acceptors (Lipinski definition) is 5. The first-order valence-electron chi connectivity index (χ1n) is 5.28. The van der Waals surface area contributed by atoms with Crippen molar-refractivity contribution in [2.24, 2.45) is 0 Å². The number of halogens is 1. The van der Waals surface area contributed by atoms with E-state index in [0.29, 0.717) is 0 Å². The van der Waals surface area contributed by atoms with Gasteiger partial charge in [0.25, 0.3) is 5.69 Å². The van der Waals surface area contributed by atoms with E-state index in [2.05, 4.69) is 0 Å². The molecule has 1 amide bonds. The number of nitro groups is 1. The van der Waals surface area contributed by atoms with E-state index in [1.165, 1.54) is 24.3 Å². The summed E-state index contributed by atoms with van der Waals surface area (Å²) in [5.74, 6) is -0.652. The molecule has 1 fully saturated rings. The predicted octanol–water partition coefficient (Wildman–Crippen LogP) is 0.999. The van der Waals surface area contributed by atoms with E-state index in [-0.39, 0.29) is 11.4 Å². The molecular weight excluding hydrogens is 279 g/mol. The Hall–Kier alpha value is -2.03. The summed E-state index contributed by atoms with van der Waals surface area (Å²) >= 11 is 0. The van der Waals surface area contributed by atoms with E-state index in [1.54, 1.807) is 0 Å². The first-order chi connectivity index (χ1) is 8.80. The van der Waals surface area contributed by atoms with Crippen LogP contribution >= 0.6 is 0 Å². The third kappa shape index (κ3) is 2.55. The second-order valence-electron chi connectivity index (χ2n) is 4.05. The number of nitrogens with zero attached hydrogens (tertiary/aromatic N) is 2. The zero-order valence-corrected chi connectivity index (χ0v) is 10.3. The van der Waals surface area contributed by atoms with Gasteiger partial charge in [-0.1, -0.05) is 12.1 Å². The molecular formula is C10H9FN2O5S. The minimum atomic E-state index is -4.84. The number of benzene rings is 1. The van der Waals surface area contributed by atoms with Gasteiger partial charge in [0.1, 0.15) is 10.9 Å². The molecule has 102 valence electrons. The van der Waals surface area contributed by atoms with Gasteiger partial charge in [0.2, 0.25) is 5.91 Å². The Morgan fingerprint density at radius 1 is 1.37 bits per heavy atom. The van der Waals surface area contributed by atoms with E-state index < -0.39 is 39.3 Å². The molecule has 1 aromatic carbocycles. The minimum absolute atomic E-state index is 0.0244. The smallest absolute Gasteiger partial charge is 0.305 e.